The second-order valence-electron chi connectivity index (χ2n) is 2.98. The van der Waals surface area contributed by atoms with Gasteiger partial charge in [-0.05, 0) is 24.2 Å². The molecule has 1 heterocycles. The van der Waals surface area contributed by atoms with Gasteiger partial charge < -0.3 is 20.5 Å². The summed E-state index contributed by atoms with van der Waals surface area (Å²) in [4.78, 5) is 21.6. The van der Waals surface area contributed by atoms with Gasteiger partial charge in [0.1, 0.15) is 0 Å². The topological polar surface area (TPSA) is 130 Å². The number of hydrogen-bond donors (Lipinski definition) is 2. The SMILES string of the molecule is CC(C)NC(=O)Oc1nonc1OC(N)=O. The van der Waals surface area contributed by atoms with Crippen molar-refractivity contribution in [2.24, 2.45) is 5.73 Å². The third-order valence-electron chi connectivity index (χ3n) is 1.22. The third kappa shape index (κ3) is 3.44. The zero-order valence-electron chi connectivity index (χ0n) is 8.59. The van der Waals surface area contributed by atoms with Crippen molar-refractivity contribution in [1.82, 2.24) is 15.6 Å². The lowest BCUT2D eigenvalue weighted by atomic mass is 10.4. The number of primary amides is 1. The summed E-state index contributed by atoms with van der Waals surface area (Å²) in [5.74, 6) is -0.789. The van der Waals surface area contributed by atoms with Gasteiger partial charge in [-0.2, -0.15) is 0 Å². The number of hydrogen-bond acceptors (Lipinski definition) is 7. The molecule has 0 bridgehead atoms. The fraction of sp³-hybridized carbons (Fsp3) is 0.429. The number of amides is 2. The number of aromatic nitrogens is 2. The van der Waals surface area contributed by atoms with Gasteiger partial charge in [-0.15, -0.1) is 0 Å². The van der Waals surface area contributed by atoms with E-state index >= 15 is 0 Å². The monoisotopic (exact) mass is 230 g/mol. The van der Waals surface area contributed by atoms with Gasteiger partial charge in [0.15, 0.2) is 0 Å². The van der Waals surface area contributed by atoms with E-state index in [1.807, 2.05) is 0 Å². The minimum absolute atomic E-state index is 0.118. The van der Waals surface area contributed by atoms with Crippen molar-refractivity contribution in [1.29, 1.82) is 0 Å². The van der Waals surface area contributed by atoms with E-state index in [0.717, 1.165) is 0 Å². The summed E-state index contributed by atoms with van der Waals surface area (Å²) >= 11 is 0. The summed E-state index contributed by atoms with van der Waals surface area (Å²) in [6.07, 6.45) is -1.90. The minimum Gasteiger partial charge on any atom is -0.383 e. The molecule has 88 valence electrons. The van der Waals surface area contributed by atoms with Gasteiger partial charge in [-0.3, -0.25) is 0 Å². The number of nitrogens with one attached hydrogen (secondary N) is 1. The van der Waals surface area contributed by atoms with Gasteiger partial charge in [0.05, 0.1) is 0 Å². The predicted octanol–water partition coefficient (Wildman–Crippen LogP) is 0.0239. The molecule has 1 aromatic rings. The third-order valence-corrected chi connectivity index (χ3v) is 1.22. The number of ether oxygens (including phenoxy) is 2. The number of nitrogens with two attached hydrogens (primary N) is 1. The standard InChI is InChI=1S/C7H10N4O5/c1-3(2)9-7(13)15-5-4(10-16-11-5)14-6(8)12/h3H,1-2H3,(H2,8,12)(H,9,13). The highest BCUT2D eigenvalue weighted by molar-refractivity contribution is 5.72. The van der Waals surface area contributed by atoms with Crippen LogP contribution in [0, 0.1) is 0 Å². The fourth-order valence-electron chi connectivity index (χ4n) is 0.745. The Morgan fingerprint density at radius 1 is 1.31 bits per heavy atom. The molecule has 1 aromatic heterocycles. The van der Waals surface area contributed by atoms with Crippen LogP contribution in [0.3, 0.4) is 0 Å². The second kappa shape index (κ2) is 4.96. The van der Waals surface area contributed by atoms with E-state index in [0.29, 0.717) is 0 Å². The minimum atomic E-state index is -1.12. The molecular formula is C7H10N4O5. The molecule has 1 rings (SSSR count). The molecule has 0 fully saturated rings. The van der Waals surface area contributed by atoms with Gasteiger partial charge in [-0.1, -0.05) is 0 Å². The first-order valence-electron chi connectivity index (χ1n) is 4.27. The van der Waals surface area contributed by atoms with Crippen LogP contribution in [0.25, 0.3) is 0 Å². The number of carbonyl (C=O) groups excluding carboxylic acids is 2. The summed E-state index contributed by atoms with van der Waals surface area (Å²) in [6.45, 7) is 3.48. The molecule has 0 aliphatic carbocycles. The van der Waals surface area contributed by atoms with E-state index in [1.165, 1.54) is 0 Å². The molecule has 0 radical (unpaired) electrons. The molecular weight excluding hydrogens is 220 g/mol. The number of rotatable bonds is 3. The maximum absolute atomic E-state index is 11.1. The first-order valence-corrected chi connectivity index (χ1v) is 4.27. The first-order chi connectivity index (χ1) is 7.49. The zero-order valence-corrected chi connectivity index (χ0v) is 8.59. The molecule has 0 aliphatic heterocycles. The molecule has 0 aliphatic rings. The Labute approximate surface area is 89.8 Å². The zero-order chi connectivity index (χ0) is 12.1. The lowest BCUT2D eigenvalue weighted by molar-refractivity contribution is 0.188. The highest BCUT2D eigenvalue weighted by Gasteiger charge is 2.19. The van der Waals surface area contributed by atoms with Gasteiger partial charge >= 0.3 is 23.9 Å². The lowest BCUT2D eigenvalue weighted by Gasteiger charge is -2.06. The summed E-state index contributed by atoms with van der Waals surface area (Å²) in [5.41, 5.74) is 4.74. The first kappa shape index (κ1) is 11.8. The molecule has 2 amide bonds. The Morgan fingerprint density at radius 2 is 1.88 bits per heavy atom. The molecule has 0 unspecified atom stereocenters. The van der Waals surface area contributed by atoms with E-state index in [4.69, 9.17) is 5.73 Å². The summed E-state index contributed by atoms with van der Waals surface area (Å²) < 4.78 is 13.2. The van der Waals surface area contributed by atoms with Crippen LogP contribution in [0.2, 0.25) is 0 Å². The van der Waals surface area contributed by atoms with E-state index in [9.17, 15) is 9.59 Å². The molecule has 0 atom stereocenters. The number of nitrogens with zero attached hydrogens (tertiary/aromatic N) is 2. The van der Waals surface area contributed by atoms with Crippen LogP contribution < -0.4 is 20.5 Å². The molecule has 9 nitrogen and oxygen atoms in total. The summed E-state index contributed by atoms with van der Waals surface area (Å²) in [5, 5.41) is 8.81. The second-order valence-corrected chi connectivity index (χ2v) is 2.98. The smallest absolute Gasteiger partial charge is 0.383 e. The predicted molar refractivity (Wildman–Crippen MR) is 48.8 cm³/mol. The molecule has 0 aromatic carbocycles. The maximum Gasteiger partial charge on any atom is 0.414 e. The molecule has 9 heteroatoms. The van der Waals surface area contributed by atoms with Gasteiger partial charge in [0, 0.05) is 6.04 Å². The van der Waals surface area contributed by atoms with Crippen LogP contribution in [-0.2, 0) is 0 Å². The van der Waals surface area contributed by atoms with E-state index in [2.05, 4.69) is 29.7 Å². The molecule has 0 saturated carbocycles. The molecule has 16 heavy (non-hydrogen) atoms. The van der Waals surface area contributed by atoms with E-state index < -0.39 is 18.1 Å². The van der Waals surface area contributed by atoms with Crippen molar-refractivity contribution in [2.45, 2.75) is 19.9 Å². The Bertz CT molecular complexity index is 388. The highest BCUT2D eigenvalue weighted by atomic mass is 16.7. The maximum atomic E-state index is 11.1. The Kier molecular flexibility index (Phi) is 3.64. The van der Waals surface area contributed by atoms with Crippen LogP contribution in [0.15, 0.2) is 4.63 Å². The molecule has 0 spiro atoms. The van der Waals surface area contributed by atoms with E-state index in [-0.39, 0.29) is 11.9 Å². The fourth-order valence-corrected chi connectivity index (χ4v) is 0.745. The van der Waals surface area contributed by atoms with Crippen molar-refractivity contribution in [2.75, 3.05) is 0 Å². The van der Waals surface area contributed by atoms with Crippen molar-refractivity contribution < 1.29 is 23.7 Å². The van der Waals surface area contributed by atoms with Crippen molar-refractivity contribution in [3.8, 4) is 11.8 Å². The van der Waals surface area contributed by atoms with Crippen LogP contribution in [0.4, 0.5) is 9.59 Å². The quantitative estimate of drug-likeness (QED) is 0.748. The average Bonchev–Trinajstić information content (AvgIpc) is 2.50. The summed E-state index contributed by atoms with van der Waals surface area (Å²) in [6, 6.07) is -0.118. The van der Waals surface area contributed by atoms with Crippen LogP contribution in [0.1, 0.15) is 13.8 Å². The normalized spacial score (nSPS) is 9.94. The molecule has 0 saturated heterocycles. The van der Waals surface area contributed by atoms with Crippen LogP contribution in [0.5, 0.6) is 11.8 Å². The van der Waals surface area contributed by atoms with Crippen LogP contribution in [-0.4, -0.2) is 28.5 Å². The van der Waals surface area contributed by atoms with Crippen molar-refractivity contribution >= 4 is 12.2 Å². The largest absolute Gasteiger partial charge is 0.414 e. The van der Waals surface area contributed by atoms with E-state index in [1.54, 1.807) is 13.8 Å². The van der Waals surface area contributed by atoms with Gasteiger partial charge in [-0.25, -0.2) is 14.2 Å². The highest BCUT2D eigenvalue weighted by Crippen LogP contribution is 2.21. The number of carbonyl (C=O) groups is 2. The van der Waals surface area contributed by atoms with Gasteiger partial charge in [0.2, 0.25) is 0 Å². The Balaban J connectivity index is 2.63. The summed E-state index contributed by atoms with van der Waals surface area (Å²) in [7, 11) is 0. The lowest BCUT2D eigenvalue weighted by Crippen LogP contribution is -2.33. The van der Waals surface area contributed by atoms with Crippen molar-refractivity contribution in [3.63, 3.8) is 0 Å². The molecule has 3 N–H and O–H groups in total. The Morgan fingerprint density at radius 3 is 2.38 bits per heavy atom. The van der Waals surface area contributed by atoms with Crippen LogP contribution >= 0.6 is 0 Å². The van der Waals surface area contributed by atoms with Gasteiger partial charge in [0.25, 0.3) is 0 Å². The van der Waals surface area contributed by atoms with Crippen molar-refractivity contribution in [3.05, 3.63) is 0 Å². The average molecular weight is 230 g/mol. The Hall–Kier alpha value is -2.32.